The fourth-order valence-corrected chi connectivity index (χ4v) is 6.06. The number of aromatic nitrogens is 2. The van der Waals surface area contributed by atoms with Gasteiger partial charge in [0.25, 0.3) is 0 Å². The number of hydrogen-bond donors (Lipinski definition) is 4. The molecule has 1 saturated carbocycles. The van der Waals surface area contributed by atoms with Crippen molar-refractivity contribution < 1.29 is 23.5 Å². The molecule has 260 valence electrons. The van der Waals surface area contributed by atoms with Gasteiger partial charge >= 0.3 is 6.09 Å². The first-order valence-electron chi connectivity index (χ1n) is 16.9. The fourth-order valence-electron chi connectivity index (χ4n) is 6.06. The number of nitriles is 1. The molecule has 5 rings (SSSR count). The van der Waals surface area contributed by atoms with E-state index < -0.39 is 23.6 Å². The van der Waals surface area contributed by atoms with Crippen LogP contribution >= 0.6 is 0 Å². The molecule has 4 aromatic rings. The lowest BCUT2D eigenvalue weighted by molar-refractivity contribution is -0.127. The molecule has 50 heavy (non-hydrogen) atoms. The highest BCUT2D eigenvalue weighted by Crippen LogP contribution is 2.30. The summed E-state index contributed by atoms with van der Waals surface area (Å²) in [7, 11) is 0. The molecule has 0 unspecified atom stereocenters. The summed E-state index contributed by atoms with van der Waals surface area (Å²) in [6.45, 7) is 5.97. The topological polar surface area (TPSA) is 149 Å². The second-order valence-corrected chi connectivity index (χ2v) is 13.8. The summed E-state index contributed by atoms with van der Waals surface area (Å²) < 4.78 is 19.7. The van der Waals surface area contributed by atoms with Crippen molar-refractivity contribution in [2.24, 2.45) is 11.8 Å². The lowest BCUT2D eigenvalue weighted by Crippen LogP contribution is -2.39. The quantitative estimate of drug-likeness (QED) is 0.134. The molecule has 1 heterocycles. The zero-order chi connectivity index (χ0) is 35.7. The van der Waals surface area contributed by atoms with Crippen molar-refractivity contribution in [3.05, 3.63) is 107 Å². The van der Waals surface area contributed by atoms with E-state index in [1.165, 1.54) is 12.1 Å². The molecule has 0 saturated heterocycles. The normalized spacial score (nSPS) is 16.5. The number of anilines is 1. The van der Waals surface area contributed by atoms with Gasteiger partial charge in [0.2, 0.25) is 11.8 Å². The van der Waals surface area contributed by atoms with E-state index in [9.17, 15) is 18.8 Å². The Balaban J connectivity index is 1.25. The van der Waals surface area contributed by atoms with Crippen LogP contribution in [0, 0.1) is 29.0 Å². The van der Waals surface area contributed by atoms with Crippen molar-refractivity contribution in [2.75, 3.05) is 11.9 Å². The van der Waals surface area contributed by atoms with Crippen molar-refractivity contribution in [1.29, 1.82) is 5.26 Å². The van der Waals surface area contributed by atoms with E-state index >= 15 is 0 Å². The number of benzene rings is 3. The minimum Gasteiger partial charge on any atom is -0.444 e. The SMILES string of the molecule is CC(C)(C)OC(=O)NCC1CCC(C(=O)N[C@@H](Cc2ccc(NC(=O)Cc3ccccc3)cc2)c2ncc(-c3ccc(C#N)c(F)c3)[nH]2)CC1. The number of alkyl carbamates (subject to hydrolysis) is 1. The third kappa shape index (κ3) is 10.3. The lowest BCUT2D eigenvalue weighted by Gasteiger charge is -2.29. The van der Waals surface area contributed by atoms with Crippen LogP contribution < -0.4 is 16.0 Å². The Morgan fingerprint density at radius 2 is 1.72 bits per heavy atom. The molecular formula is C39H43FN6O4. The minimum absolute atomic E-state index is 0.0475. The van der Waals surface area contributed by atoms with Crippen LogP contribution in [-0.2, 0) is 27.2 Å². The number of aromatic amines is 1. The van der Waals surface area contributed by atoms with E-state index in [1.54, 1.807) is 12.3 Å². The van der Waals surface area contributed by atoms with E-state index in [2.05, 4.69) is 25.9 Å². The van der Waals surface area contributed by atoms with Gasteiger partial charge in [-0.2, -0.15) is 5.26 Å². The number of halogens is 1. The molecule has 3 amide bonds. The Labute approximate surface area is 291 Å². The Kier molecular flexibility index (Phi) is 11.6. The number of carbonyl (C=O) groups is 3. The summed E-state index contributed by atoms with van der Waals surface area (Å²) in [4.78, 5) is 46.1. The molecule has 0 spiro atoms. The molecule has 0 aliphatic heterocycles. The zero-order valence-electron chi connectivity index (χ0n) is 28.6. The summed E-state index contributed by atoms with van der Waals surface area (Å²) >= 11 is 0. The molecule has 10 nitrogen and oxygen atoms in total. The van der Waals surface area contributed by atoms with Gasteiger partial charge in [0.1, 0.15) is 23.3 Å². The number of ether oxygens (including phenoxy) is 1. The maximum absolute atomic E-state index is 14.4. The van der Waals surface area contributed by atoms with E-state index in [0.29, 0.717) is 48.6 Å². The van der Waals surface area contributed by atoms with Gasteiger partial charge in [-0.3, -0.25) is 9.59 Å². The fraction of sp³-hybridized carbons (Fsp3) is 0.359. The van der Waals surface area contributed by atoms with Crippen LogP contribution in [0.3, 0.4) is 0 Å². The molecule has 1 aromatic heterocycles. The average molecular weight is 679 g/mol. The average Bonchev–Trinajstić information content (AvgIpc) is 3.58. The van der Waals surface area contributed by atoms with Crippen LogP contribution in [0.1, 0.15) is 75.0 Å². The van der Waals surface area contributed by atoms with Crippen LogP contribution in [0.15, 0.2) is 79.0 Å². The summed E-state index contributed by atoms with van der Waals surface area (Å²) in [6, 6.07) is 22.6. The van der Waals surface area contributed by atoms with Gasteiger partial charge in [-0.05, 0) is 94.2 Å². The van der Waals surface area contributed by atoms with E-state index in [0.717, 1.165) is 24.0 Å². The molecule has 11 heteroatoms. The highest BCUT2D eigenvalue weighted by atomic mass is 19.1. The Morgan fingerprint density at radius 1 is 1.00 bits per heavy atom. The Morgan fingerprint density at radius 3 is 2.38 bits per heavy atom. The van der Waals surface area contributed by atoms with E-state index in [1.807, 2.05) is 81.4 Å². The highest BCUT2D eigenvalue weighted by Gasteiger charge is 2.29. The first kappa shape index (κ1) is 35.8. The first-order valence-corrected chi connectivity index (χ1v) is 16.9. The van der Waals surface area contributed by atoms with E-state index in [4.69, 9.17) is 10.00 Å². The maximum Gasteiger partial charge on any atom is 0.407 e. The number of carbonyl (C=O) groups excluding carboxylic acids is 3. The number of nitrogens with one attached hydrogen (secondary N) is 4. The minimum atomic E-state index is -0.626. The third-order valence-electron chi connectivity index (χ3n) is 8.68. The van der Waals surface area contributed by atoms with Gasteiger partial charge in [0.15, 0.2) is 0 Å². The van der Waals surface area contributed by atoms with Crippen LogP contribution in [-0.4, -0.2) is 40.0 Å². The summed E-state index contributed by atoms with van der Waals surface area (Å²) in [5.74, 6) is -0.256. The molecular weight excluding hydrogens is 635 g/mol. The van der Waals surface area contributed by atoms with Crippen molar-refractivity contribution >= 4 is 23.6 Å². The van der Waals surface area contributed by atoms with E-state index in [-0.39, 0.29) is 35.6 Å². The van der Waals surface area contributed by atoms with Crippen LogP contribution in [0.5, 0.6) is 0 Å². The van der Waals surface area contributed by atoms with Gasteiger partial charge < -0.3 is 25.7 Å². The zero-order valence-corrected chi connectivity index (χ0v) is 28.6. The van der Waals surface area contributed by atoms with Crippen LogP contribution in [0.25, 0.3) is 11.3 Å². The molecule has 1 atom stereocenters. The summed E-state index contributed by atoms with van der Waals surface area (Å²) in [6.07, 6.45) is 4.79. The smallest absolute Gasteiger partial charge is 0.407 e. The largest absolute Gasteiger partial charge is 0.444 e. The van der Waals surface area contributed by atoms with Crippen LogP contribution in [0.2, 0.25) is 0 Å². The monoisotopic (exact) mass is 678 g/mol. The predicted molar refractivity (Wildman–Crippen MR) is 188 cm³/mol. The van der Waals surface area contributed by atoms with Gasteiger partial charge in [0, 0.05) is 23.7 Å². The standard InChI is InChI=1S/C39H43FN6O4/c1-39(2,3)50-38(49)43-23-27-9-13-28(14-10-27)37(48)46-33(36-42-24-34(45-36)29-15-16-30(22-41)32(40)21-29)19-26-11-17-31(18-12-26)44-35(47)20-25-7-5-4-6-8-25/h4-8,11-12,15-18,21,24,27-28,33H,9-10,13-14,19-20,23H2,1-3H3,(H,42,45)(H,43,49)(H,44,47)(H,46,48)/t27?,28?,33-/m0/s1. The molecule has 0 bridgehead atoms. The molecule has 1 fully saturated rings. The number of H-pyrrole nitrogens is 1. The lowest BCUT2D eigenvalue weighted by atomic mass is 9.81. The number of rotatable bonds is 11. The van der Waals surface area contributed by atoms with Gasteiger partial charge in [-0.25, -0.2) is 14.2 Å². The van der Waals surface area contributed by atoms with Gasteiger partial charge in [-0.15, -0.1) is 0 Å². The van der Waals surface area contributed by atoms with Crippen LogP contribution in [0.4, 0.5) is 14.9 Å². The Hall–Kier alpha value is -5.50. The first-order chi connectivity index (χ1) is 24.0. The van der Waals surface area contributed by atoms with Gasteiger partial charge in [0.05, 0.1) is 29.9 Å². The predicted octanol–water partition coefficient (Wildman–Crippen LogP) is 7.00. The molecule has 3 aromatic carbocycles. The van der Waals surface area contributed by atoms with Crippen molar-refractivity contribution in [1.82, 2.24) is 20.6 Å². The van der Waals surface area contributed by atoms with Gasteiger partial charge in [-0.1, -0.05) is 48.5 Å². The molecule has 4 N–H and O–H groups in total. The Bertz CT molecular complexity index is 1820. The molecule has 1 aliphatic rings. The second-order valence-electron chi connectivity index (χ2n) is 13.8. The third-order valence-corrected chi connectivity index (χ3v) is 8.68. The number of amides is 3. The summed E-state index contributed by atoms with van der Waals surface area (Å²) in [5.41, 5.74) is 2.97. The van der Waals surface area contributed by atoms with Crippen molar-refractivity contribution in [2.45, 2.75) is 70.9 Å². The number of nitrogens with zero attached hydrogens (tertiary/aromatic N) is 2. The second kappa shape index (κ2) is 16.3. The number of hydrogen-bond acceptors (Lipinski definition) is 6. The maximum atomic E-state index is 14.4. The summed E-state index contributed by atoms with van der Waals surface area (Å²) in [5, 5.41) is 18.1. The van der Waals surface area contributed by atoms with Crippen molar-refractivity contribution in [3.63, 3.8) is 0 Å². The molecule has 1 aliphatic carbocycles. The number of imidazole rings is 1. The van der Waals surface area contributed by atoms with Crippen molar-refractivity contribution in [3.8, 4) is 17.3 Å². The highest BCUT2D eigenvalue weighted by molar-refractivity contribution is 5.92. The molecule has 0 radical (unpaired) electrons.